The number of anilines is 1. The molecule has 4 rings (SSSR count). The predicted octanol–water partition coefficient (Wildman–Crippen LogP) is 4.03. The number of rotatable bonds is 4. The van der Waals surface area contributed by atoms with Crippen molar-refractivity contribution in [1.82, 2.24) is 14.8 Å². The number of hydrogen-bond donors (Lipinski definition) is 1. The minimum atomic E-state index is -4.42. The van der Waals surface area contributed by atoms with Crippen molar-refractivity contribution in [3.8, 4) is 5.69 Å². The summed E-state index contributed by atoms with van der Waals surface area (Å²) >= 11 is 0. The summed E-state index contributed by atoms with van der Waals surface area (Å²) in [5, 5.41) is 10.3. The second-order valence-corrected chi connectivity index (χ2v) is 6.44. The number of nitrogens with one attached hydrogen (secondary N) is 1. The van der Waals surface area contributed by atoms with Gasteiger partial charge in [-0.2, -0.15) is 13.2 Å². The molecule has 1 amide bonds. The van der Waals surface area contributed by atoms with Crippen LogP contribution in [0.4, 0.5) is 18.9 Å². The molecule has 0 unspecified atom stereocenters. The molecule has 0 radical (unpaired) electrons. The molecule has 8 heteroatoms. The fourth-order valence-corrected chi connectivity index (χ4v) is 3.22. The lowest BCUT2D eigenvalue weighted by Gasteiger charge is -2.12. The average molecular weight is 372 g/mol. The highest BCUT2D eigenvalue weighted by atomic mass is 19.4. The molecule has 1 aliphatic carbocycles. The van der Waals surface area contributed by atoms with Crippen LogP contribution in [0.1, 0.15) is 23.5 Å². The molecule has 1 aromatic heterocycles. The van der Waals surface area contributed by atoms with Gasteiger partial charge in [-0.1, -0.05) is 24.3 Å². The molecule has 2 aromatic carbocycles. The summed E-state index contributed by atoms with van der Waals surface area (Å²) in [4.78, 5) is 12.5. The lowest BCUT2D eigenvalue weighted by Crippen LogP contribution is -2.15. The van der Waals surface area contributed by atoms with E-state index in [1.165, 1.54) is 24.8 Å². The summed E-state index contributed by atoms with van der Waals surface area (Å²) in [6.07, 6.45) is -0.949. The highest BCUT2D eigenvalue weighted by molar-refractivity contribution is 5.95. The van der Waals surface area contributed by atoms with Crippen molar-refractivity contribution in [2.75, 3.05) is 5.32 Å². The van der Waals surface area contributed by atoms with E-state index in [-0.39, 0.29) is 11.5 Å². The maximum atomic E-state index is 13.2. The molecule has 1 fully saturated rings. The van der Waals surface area contributed by atoms with Crippen LogP contribution in [0.5, 0.6) is 0 Å². The van der Waals surface area contributed by atoms with Crippen LogP contribution < -0.4 is 5.32 Å². The number of halogens is 3. The standard InChI is InChI=1S/C19H15F3N4O/c20-19(21,22)17-7-2-1-6-14(17)15-9-16(15)18(27)25-12-4-3-5-13(8-12)26-10-23-24-11-26/h1-8,10-11,15-16H,9H2,(H,25,27)/t15-,16-/m1/s1. The maximum absolute atomic E-state index is 13.2. The molecule has 2 atom stereocenters. The first-order valence-corrected chi connectivity index (χ1v) is 8.35. The molecule has 1 saturated carbocycles. The first-order chi connectivity index (χ1) is 12.9. The number of alkyl halides is 3. The molecule has 5 nitrogen and oxygen atoms in total. The van der Waals surface area contributed by atoms with Crippen molar-refractivity contribution >= 4 is 11.6 Å². The molecule has 0 aliphatic heterocycles. The van der Waals surface area contributed by atoms with Gasteiger partial charge in [0, 0.05) is 11.6 Å². The van der Waals surface area contributed by atoms with Crippen molar-refractivity contribution in [1.29, 1.82) is 0 Å². The van der Waals surface area contributed by atoms with Gasteiger partial charge in [-0.25, -0.2) is 0 Å². The van der Waals surface area contributed by atoms with Crippen molar-refractivity contribution in [3.05, 3.63) is 72.3 Å². The second kappa shape index (κ2) is 6.53. The maximum Gasteiger partial charge on any atom is 0.416 e. The number of carbonyl (C=O) groups excluding carboxylic acids is 1. The van der Waals surface area contributed by atoms with Crippen molar-refractivity contribution in [2.45, 2.75) is 18.5 Å². The van der Waals surface area contributed by atoms with Crippen molar-refractivity contribution < 1.29 is 18.0 Å². The zero-order valence-corrected chi connectivity index (χ0v) is 14.0. The van der Waals surface area contributed by atoms with Gasteiger partial charge in [0.2, 0.25) is 5.91 Å². The van der Waals surface area contributed by atoms with Gasteiger partial charge in [-0.05, 0) is 42.2 Å². The van der Waals surface area contributed by atoms with E-state index in [1.54, 1.807) is 28.8 Å². The second-order valence-electron chi connectivity index (χ2n) is 6.44. The Morgan fingerprint density at radius 1 is 1.07 bits per heavy atom. The van der Waals surface area contributed by atoms with E-state index >= 15 is 0 Å². The van der Waals surface area contributed by atoms with Crippen LogP contribution in [0.15, 0.2) is 61.2 Å². The van der Waals surface area contributed by atoms with Crippen LogP contribution in [0.2, 0.25) is 0 Å². The summed E-state index contributed by atoms with van der Waals surface area (Å²) in [6, 6.07) is 12.5. The number of benzene rings is 2. The highest BCUT2D eigenvalue weighted by Gasteiger charge is 2.47. The Labute approximate surface area is 152 Å². The summed E-state index contributed by atoms with van der Waals surface area (Å²) < 4.78 is 41.2. The number of aromatic nitrogens is 3. The molecule has 27 heavy (non-hydrogen) atoms. The summed E-state index contributed by atoms with van der Waals surface area (Å²) in [7, 11) is 0. The van der Waals surface area contributed by atoms with Crippen LogP contribution in [0.3, 0.4) is 0 Å². The Hall–Kier alpha value is -3.16. The Balaban J connectivity index is 1.48. The van der Waals surface area contributed by atoms with Gasteiger partial charge in [-0.3, -0.25) is 9.36 Å². The lowest BCUT2D eigenvalue weighted by molar-refractivity contribution is -0.138. The summed E-state index contributed by atoms with van der Waals surface area (Å²) in [5.74, 6) is -1.16. The van der Waals surface area contributed by atoms with E-state index in [0.29, 0.717) is 12.1 Å². The fourth-order valence-electron chi connectivity index (χ4n) is 3.22. The predicted molar refractivity (Wildman–Crippen MR) is 92.3 cm³/mol. The third kappa shape index (κ3) is 3.55. The van der Waals surface area contributed by atoms with E-state index in [9.17, 15) is 18.0 Å². The van der Waals surface area contributed by atoms with Crippen LogP contribution >= 0.6 is 0 Å². The average Bonchev–Trinajstić information content (AvgIpc) is 3.26. The Kier molecular flexibility index (Phi) is 4.18. The number of amides is 1. The van der Waals surface area contributed by atoms with E-state index < -0.39 is 23.6 Å². The van der Waals surface area contributed by atoms with Crippen LogP contribution in [-0.4, -0.2) is 20.7 Å². The minimum Gasteiger partial charge on any atom is -0.326 e. The molecule has 138 valence electrons. The van der Waals surface area contributed by atoms with Crippen LogP contribution in [0, 0.1) is 5.92 Å². The Morgan fingerprint density at radius 3 is 2.56 bits per heavy atom. The minimum absolute atomic E-state index is 0.184. The van der Waals surface area contributed by atoms with Gasteiger partial charge in [0.15, 0.2) is 0 Å². The zero-order chi connectivity index (χ0) is 19.0. The summed E-state index contributed by atoms with van der Waals surface area (Å²) in [5.41, 5.74) is 0.858. The third-order valence-corrected chi connectivity index (χ3v) is 4.62. The van der Waals surface area contributed by atoms with E-state index in [2.05, 4.69) is 15.5 Å². The molecule has 0 bridgehead atoms. The topological polar surface area (TPSA) is 59.8 Å². The van der Waals surface area contributed by atoms with Gasteiger partial charge in [-0.15, -0.1) is 10.2 Å². The van der Waals surface area contributed by atoms with Gasteiger partial charge < -0.3 is 5.32 Å². The molecular formula is C19H15F3N4O. The molecule has 0 saturated heterocycles. The lowest BCUT2D eigenvalue weighted by atomic mass is 10.0. The Bertz CT molecular complexity index is 969. The normalized spacial score (nSPS) is 18.9. The van der Waals surface area contributed by atoms with E-state index in [1.807, 2.05) is 6.07 Å². The number of nitrogens with zero attached hydrogens (tertiary/aromatic N) is 3. The number of carbonyl (C=O) groups is 1. The van der Waals surface area contributed by atoms with Crippen LogP contribution in [0.25, 0.3) is 5.69 Å². The first-order valence-electron chi connectivity index (χ1n) is 8.35. The molecule has 1 N–H and O–H groups in total. The largest absolute Gasteiger partial charge is 0.416 e. The van der Waals surface area contributed by atoms with Crippen LogP contribution in [-0.2, 0) is 11.0 Å². The molecule has 3 aromatic rings. The molecular weight excluding hydrogens is 357 g/mol. The molecule has 1 heterocycles. The van der Waals surface area contributed by atoms with E-state index in [4.69, 9.17) is 0 Å². The quantitative estimate of drug-likeness (QED) is 0.752. The van der Waals surface area contributed by atoms with Crippen molar-refractivity contribution in [2.24, 2.45) is 5.92 Å². The van der Waals surface area contributed by atoms with Gasteiger partial charge >= 0.3 is 6.18 Å². The third-order valence-electron chi connectivity index (χ3n) is 4.62. The van der Waals surface area contributed by atoms with Crippen molar-refractivity contribution in [3.63, 3.8) is 0 Å². The number of hydrogen-bond acceptors (Lipinski definition) is 3. The zero-order valence-electron chi connectivity index (χ0n) is 14.0. The van der Waals surface area contributed by atoms with Gasteiger partial charge in [0.05, 0.1) is 11.3 Å². The van der Waals surface area contributed by atoms with Gasteiger partial charge in [0.25, 0.3) is 0 Å². The smallest absolute Gasteiger partial charge is 0.326 e. The Morgan fingerprint density at radius 2 is 1.81 bits per heavy atom. The molecule has 1 aliphatic rings. The SMILES string of the molecule is O=C(Nc1cccc(-n2cnnc2)c1)[C@@H]1C[C@@H]1c1ccccc1C(F)(F)F. The molecule has 0 spiro atoms. The van der Waals surface area contributed by atoms with E-state index in [0.717, 1.165) is 11.8 Å². The van der Waals surface area contributed by atoms with Gasteiger partial charge in [0.1, 0.15) is 12.7 Å². The fraction of sp³-hybridized carbons (Fsp3) is 0.211. The highest BCUT2D eigenvalue weighted by Crippen LogP contribution is 2.51. The summed E-state index contributed by atoms with van der Waals surface area (Å²) in [6.45, 7) is 0. The first kappa shape index (κ1) is 17.3. The monoisotopic (exact) mass is 372 g/mol.